The van der Waals surface area contributed by atoms with Gasteiger partial charge in [0.05, 0.1) is 16.1 Å². The Kier molecular flexibility index (Phi) is 6.98. The molecule has 0 aliphatic heterocycles. The molecule has 0 atom stereocenters. The summed E-state index contributed by atoms with van der Waals surface area (Å²) >= 11 is 1.59. The second-order valence-electron chi connectivity index (χ2n) is 8.32. The highest BCUT2D eigenvalue weighted by molar-refractivity contribution is 7.22. The molecule has 5 heteroatoms. The largest absolute Gasteiger partial charge is 0.309 e. The van der Waals surface area contributed by atoms with Crippen molar-refractivity contribution in [3.8, 4) is 0 Å². The quantitative estimate of drug-likeness (QED) is 0.349. The molecule has 0 N–H and O–H groups in total. The number of carbonyl (C=O) groups excluding carboxylic acids is 1. The number of aryl methyl sites for hydroxylation is 1. The molecule has 1 heterocycles. The first-order valence-electron chi connectivity index (χ1n) is 11.0. The lowest BCUT2D eigenvalue weighted by Crippen LogP contribution is -2.37. The topological polar surface area (TPSA) is 36.4 Å². The molecule has 3 aromatic carbocycles. The van der Waals surface area contributed by atoms with Gasteiger partial charge in [0.25, 0.3) is 0 Å². The number of hydrogen-bond acceptors (Lipinski definition) is 4. The van der Waals surface area contributed by atoms with Crippen molar-refractivity contribution < 1.29 is 4.79 Å². The first-order chi connectivity index (χ1) is 15.5. The number of para-hydroxylation sites is 1. The molecule has 0 spiro atoms. The van der Waals surface area contributed by atoms with Crippen molar-refractivity contribution in [1.82, 2.24) is 9.88 Å². The highest BCUT2D eigenvalue weighted by Gasteiger charge is 2.30. The van der Waals surface area contributed by atoms with Crippen LogP contribution in [0.2, 0.25) is 0 Å². The molecular weight excluding hydrogens is 414 g/mol. The van der Waals surface area contributed by atoms with Crippen molar-refractivity contribution in [2.75, 3.05) is 32.1 Å². The minimum atomic E-state index is -0.370. The van der Waals surface area contributed by atoms with E-state index in [1.54, 1.807) is 11.3 Å². The van der Waals surface area contributed by atoms with Gasteiger partial charge in [-0.25, -0.2) is 4.98 Å². The van der Waals surface area contributed by atoms with Gasteiger partial charge in [-0.3, -0.25) is 9.69 Å². The fourth-order valence-corrected chi connectivity index (χ4v) is 5.03. The summed E-state index contributed by atoms with van der Waals surface area (Å²) in [6.45, 7) is 3.61. The average Bonchev–Trinajstić information content (AvgIpc) is 3.23. The van der Waals surface area contributed by atoms with E-state index in [9.17, 15) is 4.79 Å². The third-order valence-corrected chi connectivity index (χ3v) is 6.65. The summed E-state index contributed by atoms with van der Waals surface area (Å²) in [5, 5.41) is 0.773. The number of benzene rings is 3. The van der Waals surface area contributed by atoms with E-state index < -0.39 is 0 Å². The minimum absolute atomic E-state index is 0.0675. The number of thiazole rings is 1. The van der Waals surface area contributed by atoms with Gasteiger partial charge in [-0.2, -0.15) is 0 Å². The van der Waals surface area contributed by atoms with Gasteiger partial charge in [-0.1, -0.05) is 84.1 Å². The van der Waals surface area contributed by atoms with E-state index in [0.29, 0.717) is 6.54 Å². The van der Waals surface area contributed by atoms with E-state index in [-0.39, 0.29) is 11.8 Å². The van der Waals surface area contributed by atoms with Crippen LogP contribution < -0.4 is 4.90 Å². The molecule has 0 aliphatic rings. The molecule has 1 amide bonds. The predicted molar refractivity (Wildman–Crippen MR) is 135 cm³/mol. The molecule has 0 saturated carbocycles. The monoisotopic (exact) mass is 443 g/mol. The van der Waals surface area contributed by atoms with E-state index in [1.165, 1.54) is 0 Å². The third-order valence-electron chi connectivity index (χ3n) is 5.61. The summed E-state index contributed by atoms with van der Waals surface area (Å²) in [5.74, 6) is -0.303. The van der Waals surface area contributed by atoms with E-state index in [1.807, 2.05) is 65.6 Å². The first-order valence-corrected chi connectivity index (χ1v) is 11.8. The molecule has 32 heavy (non-hydrogen) atoms. The van der Waals surface area contributed by atoms with Crippen LogP contribution in [0, 0.1) is 6.92 Å². The van der Waals surface area contributed by atoms with Crippen LogP contribution in [0.1, 0.15) is 29.0 Å². The second kappa shape index (κ2) is 10.1. The number of hydrogen-bond donors (Lipinski definition) is 0. The van der Waals surface area contributed by atoms with Gasteiger partial charge in [-0.05, 0) is 56.7 Å². The maximum absolute atomic E-state index is 14.2. The fourth-order valence-electron chi connectivity index (χ4n) is 3.96. The van der Waals surface area contributed by atoms with Crippen LogP contribution in [0.3, 0.4) is 0 Å². The molecule has 4 nitrogen and oxygen atoms in total. The molecule has 4 aromatic rings. The number of aromatic nitrogens is 1. The van der Waals surface area contributed by atoms with Crippen molar-refractivity contribution in [1.29, 1.82) is 0 Å². The summed E-state index contributed by atoms with van der Waals surface area (Å²) < 4.78 is 1.11. The molecule has 0 saturated heterocycles. The van der Waals surface area contributed by atoms with E-state index in [2.05, 4.69) is 44.1 Å². The highest BCUT2D eigenvalue weighted by Crippen LogP contribution is 2.34. The minimum Gasteiger partial charge on any atom is -0.309 e. The second-order valence-corrected chi connectivity index (χ2v) is 9.33. The predicted octanol–water partition coefficient (Wildman–Crippen LogP) is 5.72. The molecule has 0 fully saturated rings. The fraction of sp³-hybridized carbons (Fsp3) is 0.259. The molecule has 0 unspecified atom stereocenters. The molecule has 0 bridgehead atoms. The van der Waals surface area contributed by atoms with Gasteiger partial charge in [-0.15, -0.1) is 0 Å². The van der Waals surface area contributed by atoms with Crippen LogP contribution in [-0.2, 0) is 4.79 Å². The van der Waals surface area contributed by atoms with Gasteiger partial charge in [0.1, 0.15) is 0 Å². The lowest BCUT2D eigenvalue weighted by molar-refractivity contribution is -0.119. The Morgan fingerprint density at radius 1 is 0.875 bits per heavy atom. The zero-order valence-corrected chi connectivity index (χ0v) is 19.7. The Balaban J connectivity index is 1.77. The molecule has 0 aliphatic carbocycles. The smallest absolute Gasteiger partial charge is 0.240 e. The Bertz CT molecular complexity index is 1130. The summed E-state index contributed by atoms with van der Waals surface area (Å²) in [7, 11) is 4.12. The van der Waals surface area contributed by atoms with E-state index in [0.717, 1.165) is 45.0 Å². The highest BCUT2D eigenvalue weighted by atomic mass is 32.1. The van der Waals surface area contributed by atoms with Gasteiger partial charge < -0.3 is 4.90 Å². The summed E-state index contributed by atoms with van der Waals surface area (Å²) in [6, 6.07) is 26.3. The van der Waals surface area contributed by atoms with Crippen molar-refractivity contribution in [2.45, 2.75) is 19.3 Å². The van der Waals surface area contributed by atoms with Crippen molar-refractivity contribution in [2.24, 2.45) is 0 Å². The molecule has 1 aromatic heterocycles. The summed E-state index contributed by atoms with van der Waals surface area (Å²) in [5.41, 5.74) is 4.11. The van der Waals surface area contributed by atoms with Crippen LogP contribution in [0.15, 0.2) is 78.9 Å². The van der Waals surface area contributed by atoms with Crippen LogP contribution in [0.5, 0.6) is 0 Å². The Hall–Kier alpha value is -3.02. The van der Waals surface area contributed by atoms with Crippen LogP contribution in [-0.4, -0.2) is 43.0 Å². The number of nitrogens with zero attached hydrogens (tertiary/aromatic N) is 3. The molecule has 164 valence electrons. The van der Waals surface area contributed by atoms with Gasteiger partial charge in [0, 0.05) is 6.54 Å². The number of fused-ring (bicyclic) bond motifs is 1. The Morgan fingerprint density at radius 3 is 2.06 bits per heavy atom. The average molecular weight is 444 g/mol. The normalized spacial score (nSPS) is 11.4. The maximum atomic E-state index is 14.2. The standard InChI is InChI=1S/C27H29N3OS/c1-20-12-10-17-23-25(20)28-27(32-23)30(19-11-18-29(2)3)26(31)24(21-13-6-4-7-14-21)22-15-8-5-9-16-22/h4-10,12-17,24H,11,18-19H2,1-3H3. The number of amides is 1. The van der Waals surface area contributed by atoms with Gasteiger partial charge in [0.15, 0.2) is 5.13 Å². The summed E-state index contributed by atoms with van der Waals surface area (Å²) in [6.07, 6.45) is 0.879. The Labute approximate surface area is 194 Å². The number of rotatable bonds is 8. The lowest BCUT2D eigenvalue weighted by atomic mass is 9.90. The zero-order valence-electron chi connectivity index (χ0n) is 18.9. The van der Waals surface area contributed by atoms with Crippen molar-refractivity contribution in [3.05, 3.63) is 95.6 Å². The first kappa shape index (κ1) is 22.2. The van der Waals surface area contributed by atoms with Crippen LogP contribution >= 0.6 is 11.3 Å². The Morgan fingerprint density at radius 2 is 1.50 bits per heavy atom. The third kappa shape index (κ3) is 4.90. The van der Waals surface area contributed by atoms with E-state index >= 15 is 0 Å². The molecule has 0 radical (unpaired) electrons. The SMILES string of the molecule is Cc1cccc2sc(N(CCCN(C)C)C(=O)C(c3ccccc3)c3ccccc3)nc12. The lowest BCUT2D eigenvalue weighted by Gasteiger charge is -2.26. The van der Waals surface area contributed by atoms with Crippen LogP contribution in [0.25, 0.3) is 10.2 Å². The molecular formula is C27H29N3OS. The molecule has 4 rings (SSSR count). The number of carbonyl (C=O) groups is 1. The van der Waals surface area contributed by atoms with Gasteiger partial charge in [0.2, 0.25) is 5.91 Å². The summed E-state index contributed by atoms with van der Waals surface area (Å²) in [4.78, 5) is 23.1. The number of anilines is 1. The van der Waals surface area contributed by atoms with Crippen molar-refractivity contribution in [3.63, 3.8) is 0 Å². The zero-order chi connectivity index (χ0) is 22.5. The van der Waals surface area contributed by atoms with Crippen LogP contribution in [0.4, 0.5) is 5.13 Å². The van der Waals surface area contributed by atoms with E-state index in [4.69, 9.17) is 4.98 Å². The maximum Gasteiger partial charge on any atom is 0.240 e. The van der Waals surface area contributed by atoms with Crippen molar-refractivity contribution >= 4 is 32.6 Å². The van der Waals surface area contributed by atoms with Gasteiger partial charge >= 0.3 is 0 Å².